The number of nitrogens with zero attached hydrogens (tertiary/aromatic N) is 2. The first-order valence-corrected chi connectivity index (χ1v) is 8.27. The number of thiocarbonyl (C=S) groups is 1. The highest BCUT2D eigenvalue weighted by atomic mass is 32.2. The number of nitrogens with one attached hydrogen (secondary N) is 1. The quantitative estimate of drug-likeness (QED) is 0.793. The minimum atomic E-state index is -3.59. The van der Waals surface area contributed by atoms with Crippen molar-refractivity contribution in [3.63, 3.8) is 0 Å². The average Bonchev–Trinajstić information content (AvgIpc) is 2.87. The Morgan fingerprint density at radius 3 is 2.80 bits per heavy atom. The second kappa shape index (κ2) is 5.92. The summed E-state index contributed by atoms with van der Waals surface area (Å²) in [5.41, 5.74) is 6.07. The topological polar surface area (TPSA) is 98.0 Å². The first-order chi connectivity index (χ1) is 9.38. The van der Waals surface area contributed by atoms with Gasteiger partial charge in [-0.25, -0.2) is 23.1 Å². The van der Waals surface area contributed by atoms with E-state index in [-0.39, 0.29) is 15.7 Å². The minimum Gasteiger partial charge on any atom is -0.389 e. The molecule has 0 aliphatic carbocycles. The molecule has 20 heavy (non-hydrogen) atoms. The summed E-state index contributed by atoms with van der Waals surface area (Å²) >= 11 is 5.85. The zero-order valence-corrected chi connectivity index (χ0v) is 13.0. The van der Waals surface area contributed by atoms with Crippen molar-refractivity contribution >= 4 is 38.6 Å². The van der Waals surface area contributed by atoms with Gasteiger partial charge in [0, 0.05) is 6.20 Å². The smallest absolute Gasteiger partial charge is 0.250 e. The van der Waals surface area contributed by atoms with Crippen molar-refractivity contribution in [2.75, 3.05) is 0 Å². The van der Waals surface area contributed by atoms with Gasteiger partial charge in [-0.2, -0.15) is 0 Å². The molecule has 2 aromatic rings. The lowest BCUT2D eigenvalue weighted by atomic mass is 10.4. The van der Waals surface area contributed by atoms with Gasteiger partial charge in [-0.15, -0.1) is 11.3 Å². The summed E-state index contributed by atoms with van der Waals surface area (Å²) in [7, 11) is -3.59. The summed E-state index contributed by atoms with van der Waals surface area (Å²) in [4.78, 5) is 8.83. The normalized spacial score (nSPS) is 11.4. The highest BCUT2D eigenvalue weighted by Crippen LogP contribution is 2.21. The van der Waals surface area contributed by atoms with Crippen LogP contribution in [0.25, 0.3) is 0 Å². The van der Waals surface area contributed by atoms with Gasteiger partial charge in [-0.1, -0.05) is 12.2 Å². The number of sulfonamides is 1. The third-order valence-electron chi connectivity index (χ3n) is 2.37. The minimum absolute atomic E-state index is 0.103. The van der Waals surface area contributed by atoms with Crippen molar-refractivity contribution in [3.8, 4) is 0 Å². The molecule has 2 rings (SSSR count). The molecule has 0 atom stereocenters. The second-order valence-corrected chi connectivity index (χ2v) is 7.42. The van der Waals surface area contributed by atoms with Gasteiger partial charge in [0.2, 0.25) is 10.0 Å². The summed E-state index contributed by atoms with van der Waals surface area (Å²) in [6.07, 6.45) is 1.59. The fourth-order valence-corrected chi connectivity index (χ4v) is 3.84. The maximum Gasteiger partial charge on any atom is 0.250 e. The molecule has 0 spiro atoms. The molecule has 0 aliphatic rings. The summed E-state index contributed by atoms with van der Waals surface area (Å²) in [6, 6.07) is 4.73. The van der Waals surface area contributed by atoms with Gasteiger partial charge in [0.1, 0.15) is 15.0 Å². The van der Waals surface area contributed by atoms with Gasteiger partial charge in [0.15, 0.2) is 0 Å². The number of aromatic nitrogens is 2. The van der Waals surface area contributed by atoms with Crippen LogP contribution in [-0.4, -0.2) is 23.4 Å². The molecule has 0 saturated carbocycles. The van der Waals surface area contributed by atoms with E-state index in [0.29, 0.717) is 16.4 Å². The van der Waals surface area contributed by atoms with Crippen LogP contribution in [0.1, 0.15) is 16.4 Å². The fraction of sp³-hybridized carbons (Fsp3) is 0.182. The molecule has 2 heterocycles. The number of aryl methyl sites for hydroxylation is 1. The molecule has 2 aromatic heterocycles. The highest BCUT2D eigenvalue weighted by molar-refractivity contribution is 7.91. The summed E-state index contributed by atoms with van der Waals surface area (Å²) in [6.45, 7) is 1.84. The van der Waals surface area contributed by atoms with Crippen LogP contribution in [0, 0.1) is 6.92 Å². The van der Waals surface area contributed by atoms with Gasteiger partial charge >= 0.3 is 0 Å². The standard InChI is InChI=1S/C11H12N4O2S3/c1-7-13-5-4-8(15-7)6-14-20(16,17)10-3-2-9(19-10)11(12)18/h2-5,14H,6H2,1H3,(H2,12,18). The van der Waals surface area contributed by atoms with Crippen LogP contribution < -0.4 is 10.5 Å². The Morgan fingerprint density at radius 2 is 2.20 bits per heavy atom. The van der Waals surface area contributed by atoms with Gasteiger partial charge in [-0.3, -0.25) is 0 Å². The van der Waals surface area contributed by atoms with E-state index in [1.165, 1.54) is 6.07 Å². The maximum atomic E-state index is 12.1. The molecule has 0 saturated heterocycles. The van der Waals surface area contributed by atoms with Crippen LogP contribution in [-0.2, 0) is 16.6 Å². The van der Waals surface area contributed by atoms with Crippen LogP contribution in [0.2, 0.25) is 0 Å². The number of nitrogens with two attached hydrogens (primary N) is 1. The van der Waals surface area contributed by atoms with E-state index in [0.717, 1.165) is 11.3 Å². The third kappa shape index (κ3) is 3.57. The van der Waals surface area contributed by atoms with Crippen LogP contribution >= 0.6 is 23.6 Å². The molecular weight excluding hydrogens is 316 g/mol. The summed E-state index contributed by atoms with van der Waals surface area (Å²) in [5.74, 6) is 0.591. The van der Waals surface area contributed by atoms with Gasteiger partial charge in [0.25, 0.3) is 0 Å². The molecule has 0 aliphatic heterocycles. The average molecular weight is 328 g/mol. The first-order valence-electron chi connectivity index (χ1n) is 5.56. The van der Waals surface area contributed by atoms with E-state index in [9.17, 15) is 8.42 Å². The van der Waals surface area contributed by atoms with Crippen LogP contribution in [0.5, 0.6) is 0 Å². The van der Waals surface area contributed by atoms with Gasteiger partial charge in [-0.05, 0) is 25.1 Å². The van der Waals surface area contributed by atoms with Gasteiger partial charge < -0.3 is 5.73 Å². The lowest BCUT2D eigenvalue weighted by Crippen LogP contribution is -2.23. The predicted octanol–water partition coefficient (Wildman–Crippen LogP) is 0.959. The van der Waals surface area contributed by atoms with E-state index in [1.54, 1.807) is 25.3 Å². The number of thiophene rings is 1. The van der Waals surface area contributed by atoms with Crippen LogP contribution in [0.3, 0.4) is 0 Å². The molecule has 0 amide bonds. The highest BCUT2D eigenvalue weighted by Gasteiger charge is 2.17. The lowest BCUT2D eigenvalue weighted by Gasteiger charge is -2.04. The lowest BCUT2D eigenvalue weighted by molar-refractivity contribution is 0.582. The molecule has 9 heteroatoms. The Kier molecular flexibility index (Phi) is 4.43. The molecule has 0 bridgehead atoms. The second-order valence-electron chi connectivity index (χ2n) is 3.90. The first kappa shape index (κ1) is 15.0. The van der Waals surface area contributed by atoms with Crippen molar-refractivity contribution in [2.24, 2.45) is 5.73 Å². The fourth-order valence-electron chi connectivity index (χ4n) is 1.44. The van der Waals surface area contributed by atoms with E-state index in [2.05, 4.69) is 14.7 Å². The van der Waals surface area contributed by atoms with E-state index >= 15 is 0 Å². The summed E-state index contributed by atoms with van der Waals surface area (Å²) in [5, 5.41) is 0. The van der Waals surface area contributed by atoms with Crippen LogP contribution in [0.15, 0.2) is 28.6 Å². The number of rotatable bonds is 5. The van der Waals surface area contributed by atoms with Crippen molar-refractivity contribution in [3.05, 3.63) is 40.8 Å². The Hall–Kier alpha value is -1.42. The van der Waals surface area contributed by atoms with Crippen molar-refractivity contribution in [1.29, 1.82) is 0 Å². The molecule has 0 aromatic carbocycles. The predicted molar refractivity (Wildman–Crippen MR) is 81.0 cm³/mol. The molecule has 3 N–H and O–H groups in total. The summed E-state index contributed by atoms with van der Waals surface area (Å²) < 4.78 is 26.8. The molecule has 6 nitrogen and oxygen atoms in total. The van der Waals surface area contributed by atoms with Gasteiger partial charge in [0.05, 0.1) is 17.1 Å². The van der Waals surface area contributed by atoms with E-state index < -0.39 is 10.0 Å². The number of hydrogen-bond donors (Lipinski definition) is 2. The van der Waals surface area contributed by atoms with Crippen molar-refractivity contribution < 1.29 is 8.42 Å². The molecule has 0 unspecified atom stereocenters. The molecular formula is C11H12N4O2S3. The van der Waals surface area contributed by atoms with E-state index in [1.807, 2.05) is 0 Å². The van der Waals surface area contributed by atoms with Crippen LogP contribution in [0.4, 0.5) is 0 Å². The Bertz CT molecular complexity index is 740. The molecule has 0 radical (unpaired) electrons. The number of hydrogen-bond acceptors (Lipinski definition) is 6. The maximum absolute atomic E-state index is 12.1. The Balaban J connectivity index is 2.12. The Morgan fingerprint density at radius 1 is 1.45 bits per heavy atom. The SMILES string of the molecule is Cc1nccc(CNS(=O)(=O)c2ccc(C(N)=S)s2)n1. The van der Waals surface area contributed by atoms with Crippen molar-refractivity contribution in [2.45, 2.75) is 17.7 Å². The third-order valence-corrected chi connectivity index (χ3v) is 5.73. The Labute approximate surface area is 126 Å². The zero-order chi connectivity index (χ0) is 14.8. The van der Waals surface area contributed by atoms with E-state index in [4.69, 9.17) is 18.0 Å². The molecule has 106 valence electrons. The largest absolute Gasteiger partial charge is 0.389 e. The monoisotopic (exact) mass is 328 g/mol. The zero-order valence-electron chi connectivity index (χ0n) is 10.5. The van der Waals surface area contributed by atoms with Crippen molar-refractivity contribution in [1.82, 2.24) is 14.7 Å². The molecule has 0 fully saturated rings.